The van der Waals surface area contributed by atoms with Crippen molar-refractivity contribution in [1.29, 1.82) is 0 Å². The highest BCUT2D eigenvalue weighted by molar-refractivity contribution is 6.10. The smallest absolute Gasteiger partial charge is 0.305 e. The average molecular weight is 374 g/mol. The highest BCUT2D eigenvalue weighted by Crippen LogP contribution is 2.29. The summed E-state index contributed by atoms with van der Waals surface area (Å²) in [6, 6.07) is 6.68. The van der Waals surface area contributed by atoms with Gasteiger partial charge in [0.2, 0.25) is 5.91 Å². The first-order valence-corrected chi connectivity index (χ1v) is 9.51. The third-order valence-electron chi connectivity index (χ3n) is 4.62. The second kappa shape index (κ2) is 9.02. The molecule has 0 fully saturated rings. The Morgan fingerprint density at radius 3 is 2.52 bits per heavy atom. The first kappa shape index (κ1) is 20.9. The minimum atomic E-state index is -0.542. The van der Waals surface area contributed by atoms with Crippen LogP contribution in [0.4, 0.5) is 5.69 Å². The van der Waals surface area contributed by atoms with Crippen LogP contribution in [0.2, 0.25) is 0 Å². The Morgan fingerprint density at radius 1 is 1.15 bits per heavy atom. The van der Waals surface area contributed by atoms with Gasteiger partial charge < -0.3 is 15.0 Å². The summed E-state index contributed by atoms with van der Waals surface area (Å²) in [6.45, 7) is 6.69. The van der Waals surface area contributed by atoms with Crippen LogP contribution in [0.25, 0.3) is 0 Å². The normalized spacial score (nSPS) is 17.2. The number of hydrogen-bond donors (Lipinski definition) is 1. The van der Waals surface area contributed by atoms with E-state index in [2.05, 4.69) is 30.8 Å². The summed E-state index contributed by atoms with van der Waals surface area (Å²) in [6.07, 6.45) is 3.25. The monoisotopic (exact) mass is 374 g/mol. The van der Waals surface area contributed by atoms with Crippen molar-refractivity contribution in [3.63, 3.8) is 0 Å². The maximum absolute atomic E-state index is 13.2. The molecule has 6 heteroatoms. The summed E-state index contributed by atoms with van der Waals surface area (Å²) in [5.74, 6) is -0.496. The minimum Gasteiger partial charge on any atom is -0.469 e. The third kappa shape index (κ3) is 5.81. The van der Waals surface area contributed by atoms with Crippen molar-refractivity contribution in [3.8, 4) is 0 Å². The van der Waals surface area contributed by atoms with E-state index in [1.165, 1.54) is 7.11 Å². The fourth-order valence-corrected chi connectivity index (χ4v) is 3.31. The molecule has 0 spiro atoms. The van der Waals surface area contributed by atoms with Gasteiger partial charge in [-0.3, -0.25) is 14.4 Å². The molecule has 1 aromatic rings. The Balaban J connectivity index is 2.14. The molecule has 0 aromatic heterocycles. The molecular weight excluding hydrogens is 344 g/mol. The van der Waals surface area contributed by atoms with Crippen molar-refractivity contribution in [1.82, 2.24) is 5.32 Å². The number of carbonyl (C=O) groups is 3. The van der Waals surface area contributed by atoms with E-state index in [0.29, 0.717) is 30.6 Å². The van der Waals surface area contributed by atoms with E-state index in [1.54, 1.807) is 11.0 Å². The number of rotatable bonds is 7. The van der Waals surface area contributed by atoms with E-state index in [1.807, 2.05) is 18.2 Å². The second-order valence-electron chi connectivity index (χ2n) is 8.18. The molecule has 2 rings (SSSR count). The van der Waals surface area contributed by atoms with Gasteiger partial charge in [-0.2, -0.15) is 0 Å². The Morgan fingerprint density at radius 2 is 1.85 bits per heavy atom. The number of hydrogen-bond acceptors (Lipinski definition) is 4. The molecule has 0 radical (unpaired) electrons. The summed E-state index contributed by atoms with van der Waals surface area (Å²) in [4.78, 5) is 38.8. The predicted molar refractivity (Wildman–Crippen MR) is 105 cm³/mol. The lowest BCUT2D eigenvalue weighted by atomic mass is 9.87. The first-order chi connectivity index (χ1) is 12.7. The molecule has 1 atom stereocenters. The molecule has 1 N–H and O–H groups in total. The zero-order valence-electron chi connectivity index (χ0n) is 16.7. The molecule has 1 unspecified atom stereocenters. The van der Waals surface area contributed by atoms with Crippen LogP contribution in [0.15, 0.2) is 24.3 Å². The van der Waals surface area contributed by atoms with Crippen molar-refractivity contribution in [2.75, 3.05) is 18.6 Å². The number of carbonyl (C=O) groups excluding carboxylic acids is 3. The molecule has 148 valence electrons. The fraction of sp³-hybridized carbons (Fsp3) is 0.571. The molecule has 2 amide bonds. The molecule has 0 saturated heterocycles. The SMILES string of the molecule is COC(=O)CCCCCN1C(=O)C(CC(C)(C)C)NC(=O)c2ccccc21. The van der Waals surface area contributed by atoms with Crippen LogP contribution < -0.4 is 10.2 Å². The van der Waals surface area contributed by atoms with E-state index >= 15 is 0 Å². The summed E-state index contributed by atoms with van der Waals surface area (Å²) in [5, 5.41) is 2.90. The lowest BCUT2D eigenvalue weighted by Gasteiger charge is -2.29. The Labute approximate surface area is 161 Å². The zero-order valence-corrected chi connectivity index (χ0v) is 16.7. The number of nitrogens with zero attached hydrogens (tertiary/aromatic N) is 1. The number of methoxy groups -OCH3 is 1. The van der Waals surface area contributed by atoms with Gasteiger partial charge >= 0.3 is 5.97 Å². The first-order valence-electron chi connectivity index (χ1n) is 9.51. The molecular formula is C21H30N2O4. The van der Waals surface area contributed by atoms with Gasteiger partial charge in [-0.1, -0.05) is 39.3 Å². The molecule has 27 heavy (non-hydrogen) atoms. The zero-order chi connectivity index (χ0) is 20.0. The van der Waals surface area contributed by atoms with Crippen LogP contribution in [-0.4, -0.2) is 37.5 Å². The van der Waals surface area contributed by atoms with Crippen molar-refractivity contribution in [2.24, 2.45) is 5.41 Å². The summed E-state index contributed by atoms with van der Waals surface area (Å²) in [7, 11) is 1.38. The van der Waals surface area contributed by atoms with Crippen LogP contribution in [0, 0.1) is 5.41 Å². The number of para-hydroxylation sites is 1. The lowest BCUT2D eigenvalue weighted by molar-refractivity contribution is -0.140. The molecule has 0 saturated carbocycles. The Kier molecular flexibility index (Phi) is 6.99. The maximum Gasteiger partial charge on any atom is 0.305 e. The van der Waals surface area contributed by atoms with E-state index in [4.69, 9.17) is 0 Å². The number of nitrogens with one attached hydrogen (secondary N) is 1. The van der Waals surface area contributed by atoms with Crippen molar-refractivity contribution < 1.29 is 19.1 Å². The van der Waals surface area contributed by atoms with Gasteiger partial charge in [0.05, 0.1) is 18.4 Å². The van der Waals surface area contributed by atoms with Gasteiger partial charge in [-0.25, -0.2) is 0 Å². The van der Waals surface area contributed by atoms with Crippen LogP contribution >= 0.6 is 0 Å². The molecule has 1 aliphatic rings. The standard InChI is InChI=1S/C21H30N2O4/c1-21(2,3)14-16-20(26)23(13-9-5-6-12-18(24)27-4)17-11-8-7-10-15(17)19(25)22-16/h7-8,10-11,16H,5-6,9,12-14H2,1-4H3,(H,22,25). The van der Waals surface area contributed by atoms with Crippen LogP contribution in [0.3, 0.4) is 0 Å². The van der Waals surface area contributed by atoms with Gasteiger partial charge in [0.25, 0.3) is 5.91 Å². The predicted octanol–water partition coefficient (Wildman–Crippen LogP) is 3.30. The maximum atomic E-state index is 13.2. The van der Waals surface area contributed by atoms with Gasteiger partial charge in [-0.15, -0.1) is 0 Å². The van der Waals surface area contributed by atoms with Crippen LogP contribution in [-0.2, 0) is 14.3 Å². The lowest BCUT2D eigenvalue weighted by Crippen LogP contribution is -2.47. The fourth-order valence-electron chi connectivity index (χ4n) is 3.31. The minimum absolute atomic E-state index is 0.0730. The van der Waals surface area contributed by atoms with E-state index in [9.17, 15) is 14.4 Å². The topological polar surface area (TPSA) is 75.7 Å². The highest BCUT2D eigenvalue weighted by atomic mass is 16.5. The van der Waals surface area contributed by atoms with Crippen molar-refractivity contribution in [2.45, 2.75) is 58.9 Å². The number of anilines is 1. The van der Waals surface area contributed by atoms with Gasteiger partial charge in [0.1, 0.15) is 6.04 Å². The van der Waals surface area contributed by atoms with Gasteiger partial charge in [0.15, 0.2) is 0 Å². The Hall–Kier alpha value is -2.37. The van der Waals surface area contributed by atoms with Crippen LogP contribution in [0.5, 0.6) is 0 Å². The quantitative estimate of drug-likeness (QED) is 0.587. The molecule has 0 aliphatic carbocycles. The number of benzene rings is 1. The summed E-state index contributed by atoms with van der Waals surface area (Å²) >= 11 is 0. The number of amides is 2. The Bertz CT molecular complexity index is 694. The van der Waals surface area contributed by atoms with Gasteiger partial charge in [0, 0.05) is 13.0 Å². The average Bonchev–Trinajstić information content (AvgIpc) is 2.70. The number of unbranched alkanes of at least 4 members (excludes halogenated alkanes) is 2. The van der Waals surface area contributed by atoms with E-state index < -0.39 is 6.04 Å². The van der Waals surface area contributed by atoms with Gasteiger partial charge in [-0.05, 0) is 36.8 Å². The number of esters is 1. The molecule has 1 heterocycles. The second-order valence-corrected chi connectivity index (χ2v) is 8.18. The van der Waals surface area contributed by atoms with Crippen molar-refractivity contribution in [3.05, 3.63) is 29.8 Å². The number of ether oxygens (including phenoxy) is 1. The van der Waals surface area contributed by atoms with Crippen molar-refractivity contribution >= 4 is 23.5 Å². The largest absolute Gasteiger partial charge is 0.469 e. The highest BCUT2D eigenvalue weighted by Gasteiger charge is 2.35. The molecule has 1 aromatic carbocycles. The molecule has 0 bridgehead atoms. The molecule has 6 nitrogen and oxygen atoms in total. The van der Waals surface area contributed by atoms with Crippen LogP contribution in [0.1, 0.15) is 63.2 Å². The molecule has 1 aliphatic heterocycles. The third-order valence-corrected chi connectivity index (χ3v) is 4.62. The summed E-state index contributed by atoms with van der Waals surface area (Å²) in [5.41, 5.74) is 1.09. The number of fused-ring (bicyclic) bond motifs is 1. The summed E-state index contributed by atoms with van der Waals surface area (Å²) < 4.78 is 4.65. The van der Waals surface area contributed by atoms with E-state index in [0.717, 1.165) is 19.3 Å². The van der Waals surface area contributed by atoms with E-state index in [-0.39, 0.29) is 23.2 Å².